The molecule has 0 N–H and O–H groups in total. The van der Waals surface area contributed by atoms with E-state index in [1.54, 1.807) is 0 Å². The second-order valence-electron chi connectivity index (χ2n) is 4.15. The summed E-state index contributed by atoms with van der Waals surface area (Å²) in [6.45, 7) is 2.26. The topological polar surface area (TPSA) is 0 Å². The second-order valence-corrected chi connectivity index (χ2v) is 4.63. The van der Waals surface area contributed by atoms with E-state index in [1.165, 1.54) is 50.5 Å². The molecule has 0 bridgehead atoms. The fraction of sp³-hybridized carbons (Fsp3) is 0.571. The molecule has 0 aliphatic rings. The van der Waals surface area contributed by atoms with Gasteiger partial charge < -0.3 is 0 Å². The summed E-state index contributed by atoms with van der Waals surface area (Å²) in [6.07, 6.45) is 9.37. The first kappa shape index (κ1) is 17.1. The average Bonchev–Trinajstić information content (AvgIpc) is 2.25. The Balaban J connectivity index is 0.00000225. The van der Waals surface area contributed by atoms with Gasteiger partial charge in [-0.15, -0.1) is 12.6 Å². The Labute approximate surface area is 146 Å². The van der Waals surface area contributed by atoms with Crippen LogP contribution in [0, 0.1) is 0 Å². The van der Waals surface area contributed by atoms with Crippen molar-refractivity contribution in [2.75, 3.05) is 0 Å². The Morgan fingerprint density at radius 2 is 1.56 bits per heavy atom. The van der Waals surface area contributed by atoms with Gasteiger partial charge in [-0.25, -0.2) is 0 Å². The van der Waals surface area contributed by atoms with Gasteiger partial charge in [0.25, 0.3) is 0 Å². The van der Waals surface area contributed by atoms with Crippen LogP contribution in [0.25, 0.3) is 0 Å². The second kappa shape index (κ2) is 11.2. The monoisotopic (exact) mass is 362 g/mol. The standard InChI is InChI=1S/C14H22S.Ba.2H/c1-2-3-4-5-6-7-10-13-11-8-9-12-14(13)15;;;/h8-9,11-12,15H,2-7,10H2,1H3;;;. The van der Waals surface area contributed by atoms with E-state index >= 15 is 0 Å². The van der Waals surface area contributed by atoms with E-state index in [-0.39, 0.29) is 48.9 Å². The first-order valence-corrected chi connectivity index (χ1v) is 6.56. The van der Waals surface area contributed by atoms with Crippen LogP contribution in [0.4, 0.5) is 0 Å². The minimum absolute atomic E-state index is 0. The first-order valence-electron chi connectivity index (χ1n) is 6.11. The van der Waals surface area contributed by atoms with Gasteiger partial charge in [0, 0.05) is 4.90 Å². The minimum atomic E-state index is 0. The maximum atomic E-state index is 4.46. The molecule has 16 heavy (non-hydrogen) atoms. The molecule has 0 amide bonds. The third-order valence-corrected chi connectivity index (χ3v) is 3.23. The summed E-state index contributed by atoms with van der Waals surface area (Å²) in [6, 6.07) is 8.42. The van der Waals surface area contributed by atoms with E-state index in [1.807, 2.05) is 6.07 Å². The van der Waals surface area contributed by atoms with Crippen LogP contribution in [0.5, 0.6) is 0 Å². The van der Waals surface area contributed by atoms with Crippen LogP contribution in [0.3, 0.4) is 0 Å². The summed E-state index contributed by atoms with van der Waals surface area (Å²) >= 11 is 4.46. The Bertz CT molecular complexity index is 273. The van der Waals surface area contributed by atoms with Crippen molar-refractivity contribution in [3.8, 4) is 0 Å². The van der Waals surface area contributed by atoms with Gasteiger partial charge in [-0.3, -0.25) is 0 Å². The quantitative estimate of drug-likeness (QED) is 0.424. The van der Waals surface area contributed by atoms with E-state index in [0.29, 0.717) is 0 Å². The maximum absolute atomic E-state index is 4.46. The van der Waals surface area contributed by atoms with Crippen molar-refractivity contribution >= 4 is 61.5 Å². The number of hydrogen-bond acceptors (Lipinski definition) is 1. The molecule has 0 radical (unpaired) electrons. The molecule has 0 aromatic heterocycles. The molecule has 0 atom stereocenters. The molecule has 2 heteroatoms. The molecule has 1 rings (SSSR count). The Kier molecular flexibility index (Phi) is 12.0. The van der Waals surface area contributed by atoms with Crippen LogP contribution >= 0.6 is 12.6 Å². The van der Waals surface area contributed by atoms with E-state index in [2.05, 4.69) is 37.8 Å². The zero-order chi connectivity index (χ0) is 10.9. The molecule has 1 aromatic rings. The van der Waals surface area contributed by atoms with Crippen LogP contribution in [-0.4, -0.2) is 48.9 Å². The van der Waals surface area contributed by atoms with Crippen LogP contribution in [0.15, 0.2) is 29.2 Å². The summed E-state index contributed by atoms with van der Waals surface area (Å²) in [5, 5.41) is 0. The predicted octanol–water partition coefficient (Wildman–Crippen LogP) is 3.96. The average molecular weight is 362 g/mol. The molecule has 0 heterocycles. The molecular weight excluding hydrogens is 338 g/mol. The summed E-state index contributed by atoms with van der Waals surface area (Å²) in [5.41, 5.74) is 1.40. The third-order valence-electron chi connectivity index (χ3n) is 2.79. The summed E-state index contributed by atoms with van der Waals surface area (Å²) < 4.78 is 0. The fourth-order valence-corrected chi connectivity index (χ4v) is 2.09. The van der Waals surface area contributed by atoms with Gasteiger partial charge in [-0.1, -0.05) is 57.2 Å². The number of unbranched alkanes of at least 4 members (excludes halogenated alkanes) is 5. The molecule has 0 saturated carbocycles. The van der Waals surface area contributed by atoms with Crippen LogP contribution in [0.2, 0.25) is 0 Å². The van der Waals surface area contributed by atoms with Crippen molar-refractivity contribution in [1.82, 2.24) is 0 Å². The van der Waals surface area contributed by atoms with E-state index in [9.17, 15) is 0 Å². The van der Waals surface area contributed by atoms with Crippen molar-refractivity contribution in [3.63, 3.8) is 0 Å². The molecule has 1 aromatic carbocycles. The summed E-state index contributed by atoms with van der Waals surface area (Å²) in [5.74, 6) is 0. The molecular formula is C14H24BaS. The van der Waals surface area contributed by atoms with Gasteiger partial charge >= 0.3 is 48.9 Å². The molecule has 0 saturated heterocycles. The van der Waals surface area contributed by atoms with Gasteiger partial charge in [0.15, 0.2) is 0 Å². The Hall–Kier alpha value is 1.14. The van der Waals surface area contributed by atoms with Crippen molar-refractivity contribution in [2.24, 2.45) is 0 Å². The van der Waals surface area contributed by atoms with E-state index in [4.69, 9.17) is 0 Å². The van der Waals surface area contributed by atoms with Gasteiger partial charge in [-0.05, 0) is 24.5 Å². The Morgan fingerprint density at radius 3 is 2.25 bits per heavy atom. The summed E-state index contributed by atoms with van der Waals surface area (Å²) in [7, 11) is 0. The summed E-state index contributed by atoms with van der Waals surface area (Å²) in [4.78, 5) is 1.14. The number of thiol groups is 1. The number of rotatable bonds is 7. The SMILES string of the molecule is CCCCCCCCc1ccccc1S.[BaH2]. The molecule has 0 aliphatic carbocycles. The predicted molar refractivity (Wildman–Crippen MR) is 79.3 cm³/mol. The van der Waals surface area contributed by atoms with Crippen molar-refractivity contribution < 1.29 is 0 Å². The van der Waals surface area contributed by atoms with Crippen LogP contribution < -0.4 is 0 Å². The first-order chi connectivity index (χ1) is 7.34. The molecule has 0 unspecified atom stereocenters. The molecule has 0 spiro atoms. The van der Waals surface area contributed by atoms with Gasteiger partial charge in [0.05, 0.1) is 0 Å². The zero-order valence-corrected chi connectivity index (χ0v) is 10.6. The van der Waals surface area contributed by atoms with Crippen molar-refractivity contribution in [1.29, 1.82) is 0 Å². The number of benzene rings is 1. The normalized spacial score (nSPS) is 9.88. The molecule has 0 aliphatic heterocycles. The van der Waals surface area contributed by atoms with Crippen LogP contribution in [0.1, 0.15) is 51.0 Å². The Morgan fingerprint density at radius 1 is 0.938 bits per heavy atom. The molecule has 0 nitrogen and oxygen atoms in total. The van der Waals surface area contributed by atoms with Crippen LogP contribution in [-0.2, 0) is 6.42 Å². The zero-order valence-electron chi connectivity index (χ0n) is 9.71. The van der Waals surface area contributed by atoms with E-state index in [0.717, 1.165) is 4.90 Å². The number of hydrogen-bond donors (Lipinski definition) is 1. The molecule has 88 valence electrons. The van der Waals surface area contributed by atoms with Crippen molar-refractivity contribution in [3.05, 3.63) is 29.8 Å². The van der Waals surface area contributed by atoms with Gasteiger partial charge in [-0.2, -0.15) is 0 Å². The van der Waals surface area contributed by atoms with Gasteiger partial charge in [0.2, 0.25) is 0 Å². The number of aryl methyl sites for hydroxylation is 1. The van der Waals surface area contributed by atoms with E-state index < -0.39 is 0 Å². The van der Waals surface area contributed by atoms with Gasteiger partial charge in [0.1, 0.15) is 0 Å². The molecule has 0 fully saturated rings. The third kappa shape index (κ3) is 7.46. The van der Waals surface area contributed by atoms with Crippen molar-refractivity contribution in [2.45, 2.75) is 56.8 Å². The fourth-order valence-electron chi connectivity index (χ4n) is 1.82.